The minimum Gasteiger partial charge on any atom is -0.369 e. The summed E-state index contributed by atoms with van der Waals surface area (Å²) < 4.78 is 0. The molecule has 0 spiro atoms. The first-order chi connectivity index (χ1) is 5.74. The molecule has 1 rings (SSSR count). The molecule has 1 fully saturated rings. The van der Waals surface area contributed by atoms with Gasteiger partial charge in [0.25, 0.3) is 0 Å². The Bertz CT molecular complexity index is 209. The van der Waals surface area contributed by atoms with Gasteiger partial charge in [0.15, 0.2) is 0 Å². The van der Waals surface area contributed by atoms with Gasteiger partial charge >= 0.3 is 0 Å². The second kappa shape index (κ2) is 4.07. The molecule has 2 unspecified atom stereocenters. The van der Waals surface area contributed by atoms with Crippen molar-refractivity contribution in [1.29, 1.82) is 5.26 Å². The van der Waals surface area contributed by atoms with Gasteiger partial charge in [0.2, 0.25) is 5.91 Å². The fraction of sp³-hybridized carbons (Fsp3) is 0.750. The number of rotatable bonds is 3. The highest BCUT2D eigenvalue weighted by Gasteiger charge is 2.26. The van der Waals surface area contributed by atoms with Gasteiger partial charge in [0, 0.05) is 6.04 Å². The van der Waals surface area contributed by atoms with Crippen LogP contribution in [-0.4, -0.2) is 18.5 Å². The van der Waals surface area contributed by atoms with Crippen LogP contribution in [0.3, 0.4) is 0 Å². The molecule has 4 heteroatoms. The van der Waals surface area contributed by atoms with Gasteiger partial charge in [-0.05, 0) is 12.8 Å². The molecule has 1 aliphatic carbocycles. The first-order valence-corrected chi connectivity index (χ1v) is 4.15. The number of nitrogens with one attached hydrogen (secondary N) is 1. The molecule has 0 aromatic carbocycles. The topological polar surface area (TPSA) is 78.9 Å². The van der Waals surface area contributed by atoms with Gasteiger partial charge in [-0.25, -0.2) is 0 Å². The van der Waals surface area contributed by atoms with Crippen molar-refractivity contribution < 1.29 is 4.79 Å². The summed E-state index contributed by atoms with van der Waals surface area (Å²) in [4.78, 5) is 10.4. The van der Waals surface area contributed by atoms with E-state index in [0.717, 1.165) is 19.3 Å². The van der Waals surface area contributed by atoms with E-state index in [9.17, 15) is 4.79 Å². The van der Waals surface area contributed by atoms with Crippen LogP contribution in [0, 0.1) is 17.2 Å². The van der Waals surface area contributed by atoms with Gasteiger partial charge in [-0.2, -0.15) is 5.26 Å². The van der Waals surface area contributed by atoms with Crippen LogP contribution in [0.1, 0.15) is 19.3 Å². The lowest BCUT2D eigenvalue weighted by molar-refractivity contribution is -0.117. The highest BCUT2D eigenvalue weighted by atomic mass is 16.1. The van der Waals surface area contributed by atoms with Crippen LogP contribution < -0.4 is 11.1 Å². The molecule has 2 atom stereocenters. The summed E-state index contributed by atoms with van der Waals surface area (Å²) >= 11 is 0. The van der Waals surface area contributed by atoms with Crippen molar-refractivity contribution in [3.05, 3.63) is 0 Å². The normalized spacial score (nSPS) is 28.2. The smallest absolute Gasteiger partial charge is 0.231 e. The van der Waals surface area contributed by atoms with Crippen molar-refractivity contribution in [1.82, 2.24) is 5.32 Å². The molecular weight excluding hydrogens is 154 g/mol. The third kappa shape index (κ3) is 2.21. The molecule has 66 valence electrons. The van der Waals surface area contributed by atoms with E-state index in [1.54, 1.807) is 0 Å². The highest BCUT2D eigenvalue weighted by Crippen LogP contribution is 2.24. The molecule has 0 aromatic heterocycles. The minimum atomic E-state index is -0.362. The number of carbonyl (C=O) groups excluding carboxylic acids is 1. The Balaban J connectivity index is 2.32. The fourth-order valence-electron chi connectivity index (χ4n) is 1.59. The molecule has 0 bridgehead atoms. The quantitative estimate of drug-likeness (QED) is 0.608. The Morgan fingerprint density at radius 3 is 3.00 bits per heavy atom. The number of nitrogens with two attached hydrogens (primary N) is 1. The van der Waals surface area contributed by atoms with Crippen LogP contribution in [-0.2, 0) is 4.79 Å². The Labute approximate surface area is 71.7 Å². The highest BCUT2D eigenvalue weighted by molar-refractivity contribution is 5.75. The average molecular weight is 167 g/mol. The van der Waals surface area contributed by atoms with E-state index in [2.05, 4.69) is 11.4 Å². The van der Waals surface area contributed by atoms with Gasteiger partial charge in [-0.15, -0.1) is 0 Å². The molecule has 1 aliphatic rings. The van der Waals surface area contributed by atoms with Crippen LogP contribution in [0.4, 0.5) is 0 Å². The number of amides is 1. The van der Waals surface area contributed by atoms with E-state index < -0.39 is 0 Å². The number of carbonyl (C=O) groups is 1. The molecule has 12 heavy (non-hydrogen) atoms. The molecular formula is C8H13N3O. The number of nitrogens with zero attached hydrogens (tertiary/aromatic N) is 1. The van der Waals surface area contributed by atoms with Crippen LogP contribution in [0.5, 0.6) is 0 Å². The third-order valence-corrected chi connectivity index (χ3v) is 2.22. The largest absolute Gasteiger partial charge is 0.369 e. The molecule has 1 amide bonds. The maximum atomic E-state index is 10.4. The molecule has 4 nitrogen and oxygen atoms in total. The van der Waals surface area contributed by atoms with E-state index in [4.69, 9.17) is 11.0 Å². The van der Waals surface area contributed by atoms with Crippen LogP contribution in [0.25, 0.3) is 0 Å². The zero-order chi connectivity index (χ0) is 8.97. The molecule has 0 aromatic rings. The maximum Gasteiger partial charge on any atom is 0.231 e. The SMILES string of the molecule is N#CC1CCCC1NCC(N)=O. The van der Waals surface area contributed by atoms with E-state index in [1.165, 1.54) is 0 Å². The first kappa shape index (κ1) is 9.01. The zero-order valence-corrected chi connectivity index (χ0v) is 6.92. The Hall–Kier alpha value is -1.08. The Kier molecular flexibility index (Phi) is 3.06. The van der Waals surface area contributed by atoms with Crippen molar-refractivity contribution >= 4 is 5.91 Å². The summed E-state index contributed by atoms with van der Waals surface area (Å²) in [5.41, 5.74) is 4.97. The standard InChI is InChI=1S/C8H13N3O/c9-4-6-2-1-3-7(6)11-5-8(10)12/h6-7,11H,1-3,5H2,(H2,10,12). The molecule has 0 heterocycles. The monoisotopic (exact) mass is 167 g/mol. The lowest BCUT2D eigenvalue weighted by Crippen LogP contribution is -2.38. The first-order valence-electron chi connectivity index (χ1n) is 4.15. The van der Waals surface area contributed by atoms with E-state index >= 15 is 0 Å². The summed E-state index contributed by atoms with van der Waals surface area (Å²) in [6, 6.07) is 2.39. The van der Waals surface area contributed by atoms with Gasteiger partial charge in [0.05, 0.1) is 18.5 Å². The summed E-state index contributed by atoms with van der Waals surface area (Å²) in [6.07, 6.45) is 2.98. The van der Waals surface area contributed by atoms with Crippen LogP contribution >= 0.6 is 0 Å². The molecule has 0 aliphatic heterocycles. The van der Waals surface area contributed by atoms with Crippen molar-refractivity contribution in [2.45, 2.75) is 25.3 Å². The van der Waals surface area contributed by atoms with Crippen LogP contribution in [0.15, 0.2) is 0 Å². The number of nitriles is 1. The lowest BCUT2D eigenvalue weighted by atomic mass is 10.1. The van der Waals surface area contributed by atoms with Gasteiger partial charge in [-0.1, -0.05) is 6.42 Å². The Morgan fingerprint density at radius 2 is 2.42 bits per heavy atom. The summed E-state index contributed by atoms with van der Waals surface area (Å²) in [7, 11) is 0. The second-order valence-electron chi connectivity index (χ2n) is 3.12. The molecule has 3 N–H and O–H groups in total. The minimum absolute atomic E-state index is 0.0596. The summed E-state index contributed by atoms with van der Waals surface area (Å²) in [6.45, 7) is 0.183. The van der Waals surface area contributed by atoms with Crippen molar-refractivity contribution in [2.24, 2.45) is 11.7 Å². The Morgan fingerprint density at radius 1 is 1.67 bits per heavy atom. The average Bonchev–Trinajstić information content (AvgIpc) is 2.47. The molecule has 0 radical (unpaired) electrons. The van der Waals surface area contributed by atoms with Gasteiger partial charge in [0.1, 0.15) is 0 Å². The summed E-state index contributed by atoms with van der Waals surface area (Å²) in [5, 5.41) is 11.7. The predicted octanol–water partition coefficient (Wildman–Crippen LogP) is -0.246. The van der Waals surface area contributed by atoms with Gasteiger partial charge < -0.3 is 11.1 Å². The van der Waals surface area contributed by atoms with Crippen LogP contribution in [0.2, 0.25) is 0 Å². The van der Waals surface area contributed by atoms with E-state index in [-0.39, 0.29) is 24.4 Å². The second-order valence-corrected chi connectivity index (χ2v) is 3.12. The van der Waals surface area contributed by atoms with Gasteiger partial charge in [-0.3, -0.25) is 4.79 Å². The van der Waals surface area contributed by atoms with E-state index in [0.29, 0.717) is 0 Å². The van der Waals surface area contributed by atoms with Crippen molar-refractivity contribution in [3.63, 3.8) is 0 Å². The number of hydrogen-bond donors (Lipinski definition) is 2. The van der Waals surface area contributed by atoms with E-state index in [1.807, 2.05) is 0 Å². The predicted molar refractivity (Wildman–Crippen MR) is 43.9 cm³/mol. The summed E-state index contributed by atoms with van der Waals surface area (Å²) in [5.74, 6) is -0.303. The fourth-order valence-corrected chi connectivity index (χ4v) is 1.59. The zero-order valence-electron chi connectivity index (χ0n) is 6.92. The van der Waals surface area contributed by atoms with Crippen molar-refractivity contribution in [3.8, 4) is 6.07 Å². The third-order valence-electron chi connectivity index (χ3n) is 2.22. The lowest BCUT2D eigenvalue weighted by Gasteiger charge is -2.13. The maximum absolute atomic E-state index is 10.4. The molecule has 0 saturated heterocycles. The van der Waals surface area contributed by atoms with Crippen molar-refractivity contribution in [2.75, 3.05) is 6.54 Å². The number of primary amides is 1. The molecule has 1 saturated carbocycles. The number of hydrogen-bond acceptors (Lipinski definition) is 3.